The van der Waals surface area contributed by atoms with Crippen LogP contribution in [0.5, 0.6) is 0 Å². The maximum absolute atomic E-state index is 12.3. The fourth-order valence-electron chi connectivity index (χ4n) is 6.11. The fourth-order valence-corrected chi connectivity index (χ4v) is 6.50. The van der Waals surface area contributed by atoms with Gasteiger partial charge in [-0.25, -0.2) is 4.79 Å². The number of pyridine rings is 1. The van der Waals surface area contributed by atoms with E-state index in [9.17, 15) is 29.4 Å². The Labute approximate surface area is 310 Å². The van der Waals surface area contributed by atoms with Crippen molar-refractivity contribution in [1.29, 1.82) is 0 Å². The summed E-state index contributed by atoms with van der Waals surface area (Å²) < 4.78 is 0. The van der Waals surface area contributed by atoms with Gasteiger partial charge in [0, 0.05) is 70.1 Å². The molecule has 4 atom stereocenters. The molecule has 0 radical (unpaired) electrons. The molecule has 6 N–H and O–H groups in total. The van der Waals surface area contributed by atoms with Gasteiger partial charge in [0.15, 0.2) is 0 Å². The van der Waals surface area contributed by atoms with Crippen LogP contribution in [0, 0.1) is 23.7 Å². The van der Waals surface area contributed by atoms with E-state index in [-0.39, 0.29) is 30.1 Å². The lowest BCUT2D eigenvalue weighted by Gasteiger charge is -2.33. The summed E-state index contributed by atoms with van der Waals surface area (Å²) >= 11 is 11.9. The van der Waals surface area contributed by atoms with Gasteiger partial charge in [-0.05, 0) is 87.1 Å². The molecule has 6 rings (SSSR count). The van der Waals surface area contributed by atoms with Crippen LogP contribution in [-0.2, 0) is 0 Å². The van der Waals surface area contributed by atoms with Gasteiger partial charge in [0.2, 0.25) is 0 Å². The van der Waals surface area contributed by atoms with Crippen LogP contribution in [0.15, 0.2) is 88.7 Å². The van der Waals surface area contributed by atoms with Gasteiger partial charge in [-0.3, -0.25) is 24.4 Å². The van der Waals surface area contributed by atoms with Gasteiger partial charge in [-0.15, -0.1) is 0 Å². The number of aliphatic hydroxyl groups is 2. The number of amides is 2. The minimum Gasteiger partial charge on any atom is -0.378 e. The zero-order valence-corrected chi connectivity index (χ0v) is 29.6. The molecule has 0 saturated heterocycles. The lowest BCUT2D eigenvalue weighted by atomic mass is 9.82. The summed E-state index contributed by atoms with van der Waals surface area (Å²) in [7, 11) is 0. The van der Waals surface area contributed by atoms with Crippen molar-refractivity contribution >= 4 is 35.0 Å². The van der Waals surface area contributed by atoms with E-state index in [0.29, 0.717) is 53.3 Å². The van der Waals surface area contributed by atoms with E-state index in [4.69, 9.17) is 23.2 Å². The Balaban J connectivity index is 0.000000202. The van der Waals surface area contributed by atoms with E-state index in [1.54, 1.807) is 60.9 Å². The highest BCUT2D eigenvalue weighted by atomic mass is 35.5. The molecule has 2 saturated carbocycles. The summed E-state index contributed by atoms with van der Waals surface area (Å²) in [4.78, 5) is 55.4. The van der Waals surface area contributed by atoms with Gasteiger partial charge in [-0.2, -0.15) is 0 Å². The first-order valence-corrected chi connectivity index (χ1v) is 17.5. The number of nitrogens with zero attached hydrogens (tertiary/aromatic N) is 1. The molecular weight excluding hydrogens is 705 g/mol. The van der Waals surface area contributed by atoms with Crippen LogP contribution < -0.4 is 21.9 Å². The van der Waals surface area contributed by atoms with Gasteiger partial charge in [0.05, 0.1) is 0 Å². The SMILES string of the molecule is O=C(N[C@H]1CCC[C@@](O)(C#Cc2cccc(Cl)c2)C1)c1cc(=O)[nH]c(=O)[nH]1.O=C(N[C@H]1CCC[C@@](O)(C#Cc2cccc(Cl)c2)C1)c1ccncc1. The van der Waals surface area contributed by atoms with Gasteiger partial charge < -0.3 is 25.8 Å². The molecular formula is C39H37Cl2N5O6. The summed E-state index contributed by atoms with van der Waals surface area (Å²) in [5, 5.41) is 28.5. The first-order valence-electron chi connectivity index (χ1n) is 16.7. The van der Waals surface area contributed by atoms with Crippen molar-refractivity contribution in [3.05, 3.63) is 132 Å². The Morgan fingerprint density at radius 3 is 1.77 bits per heavy atom. The second kappa shape index (κ2) is 17.4. The topological polar surface area (TPSA) is 177 Å². The Kier molecular flexibility index (Phi) is 12.7. The van der Waals surface area contributed by atoms with Crippen LogP contribution in [-0.4, -0.2) is 60.3 Å². The zero-order valence-electron chi connectivity index (χ0n) is 28.0. The lowest BCUT2D eigenvalue weighted by Crippen LogP contribution is -2.45. The molecule has 0 aliphatic heterocycles. The molecule has 4 aromatic rings. The average molecular weight is 743 g/mol. The highest BCUT2D eigenvalue weighted by Crippen LogP contribution is 2.29. The molecule has 2 amide bonds. The third-order valence-corrected chi connectivity index (χ3v) is 9.07. The molecule has 11 nitrogen and oxygen atoms in total. The van der Waals surface area contributed by atoms with Crippen LogP contribution in [0.3, 0.4) is 0 Å². The molecule has 0 unspecified atom stereocenters. The average Bonchev–Trinajstić information content (AvgIpc) is 3.10. The van der Waals surface area contributed by atoms with Gasteiger partial charge in [0.25, 0.3) is 17.4 Å². The molecule has 2 aromatic heterocycles. The van der Waals surface area contributed by atoms with Crippen LogP contribution in [0.25, 0.3) is 0 Å². The summed E-state index contributed by atoms with van der Waals surface area (Å²) in [5.74, 6) is 11.1. The standard InChI is InChI=1S/C20H19ClN2O2.C19H18ClN3O4/c21-17-4-1-3-15(13-17)6-10-20(25)9-2-5-18(14-20)23-19(24)16-7-11-22-12-8-16;20-13-4-1-3-12(9-13)6-8-19(27)7-2-5-14(11-19)21-17(25)15-10-16(24)23-18(26)22-15/h1,3-4,7-8,11-13,18,25H,2,5,9,14H2,(H,23,24);1,3-4,9-10,14,27H,2,5,7,11H2,(H,21,25)(H2,22,23,24,26)/t18-,20+;14-,19+/m00/s1. The number of hydrogen-bond donors (Lipinski definition) is 6. The minimum atomic E-state index is -1.24. The van der Waals surface area contributed by atoms with Crippen molar-refractivity contribution in [3.8, 4) is 23.7 Å². The maximum atomic E-state index is 12.3. The molecule has 2 fully saturated rings. The number of carbonyl (C=O) groups is 2. The first-order chi connectivity index (χ1) is 24.9. The predicted octanol–water partition coefficient (Wildman–Crippen LogP) is 4.36. The highest BCUT2D eigenvalue weighted by molar-refractivity contribution is 6.31. The molecule has 2 aromatic carbocycles. The largest absolute Gasteiger partial charge is 0.378 e. The fraction of sp³-hybridized carbons (Fsp3) is 0.308. The number of nitrogens with one attached hydrogen (secondary N) is 4. The van der Waals surface area contributed by atoms with Crippen molar-refractivity contribution in [2.75, 3.05) is 0 Å². The Morgan fingerprint density at radius 2 is 1.27 bits per heavy atom. The normalized spacial score (nSPS) is 22.2. The van der Waals surface area contributed by atoms with E-state index in [1.807, 2.05) is 17.1 Å². The highest BCUT2D eigenvalue weighted by Gasteiger charge is 2.35. The quantitative estimate of drug-likeness (QED) is 0.168. The number of aromatic amines is 2. The van der Waals surface area contributed by atoms with E-state index in [2.05, 4.69) is 44.3 Å². The van der Waals surface area contributed by atoms with Crippen molar-refractivity contribution in [1.82, 2.24) is 25.6 Å². The smallest absolute Gasteiger partial charge is 0.326 e. The maximum Gasteiger partial charge on any atom is 0.326 e. The van der Waals surface area contributed by atoms with Crippen LogP contribution >= 0.6 is 23.2 Å². The Morgan fingerprint density at radius 1 is 0.750 bits per heavy atom. The molecule has 0 bridgehead atoms. The zero-order chi connectivity index (χ0) is 37.1. The molecule has 52 heavy (non-hydrogen) atoms. The lowest BCUT2D eigenvalue weighted by molar-refractivity contribution is 0.0443. The van der Waals surface area contributed by atoms with Gasteiger partial charge >= 0.3 is 5.69 Å². The molecule has 268 valence electrons. The van der Waals surface area contributed by atoms with Crippen LogP contribution in [0.2, 0.25) is 10.0 Å². The Hall–Kier alpha value is -5.17. The second-order valence-corrected chi connectivity index (χ2v) is 13.7. The summed E-state index contributed by atoms with van der Waals surface area (Å²) in [6.45, 7) is 0. The Bertz CT molecular complexity index is 2120. The van der Waals surface area contributed by atoms with Crippen molar-refractivity contribution in [2.24, 2.45) is 0 Å². The number of rotatable bonds is 4. The number of carbonyl (C=O) groups excluding carboxylic acids is 2. The van der Waals surface area contributed by atoms with Gasteiger partial charge in [0.1, 0.15) is 16.9 Å². The van der Waals surface area contributed by atoms with Crippen molar-refractivity contribution in [3.63, 3.8) is 0 Å². The number of halogens is 2. The molecule has 2 heterocycles. The predicted molar refractivity (Wildman–Crippen MR) is 198 cm³/mol. The van der Waals surface area contributed by atoms with E-state index < -0.39 is 28.4 Å². The summed E-state index contributed by atoms with van der Waals surface area (Å²) in [5.41, 5.74) is -1.84. The molecule has 0 spiro atoms. The van der Waals surface area contributed by atoms with Crippen molar-refractivity contribution < 1.29 is 19.8 Å². The third-order valence-electron chi connectivity index (χ3n) is 8.60. The summed E-state index contributed by atoms with van der Waals surface area (Å²) in [6.07, 6.45) is 7.91. The number of benzene rings is 2. The van der Waals surface area contributed by atoms with Crippen LogP contribution in [0.1, 0.15) is 83.3 Å². The van der Waals surface area contributed by atoms with Gasteiger partial charge in [-0.1, -0.05) is 59.0 Å². The van der Waals surface area contributed by atoms with Crippen molar-refractivity contribution in [2.45, 2.75) is 74.7 Å². The summed E-state index contributed by atoms with van der Waals surface area (Å²) in [6, 6.07) is 18.2. The first kappa shape index (κ1) is 38.1. The minimum absolute atomic E-state index is 0.104. The van der Waals surface area contributed by atoms with E-state index >= 15 is 0 Å². The second-order valence-electron chi connectivity index (χ2n) is 12.9. The number of hydrogen-bond acceptors (Lipinski definition) is 7. The monoisotopic (exact) mass is 741 g/mol. The third kappa shape index (κ3) is 11.4. The molecule has 2 aliphatic rings. The molecule has 13 heteroatoms. The van der Waals surface area contributed by atoms with E-state index in [1.165, 1.54) is 0 Å². The van der Waals surface area contributed by atoms with E-state index in [0.717, 1.165) is 24.5 Å². The number of aromatic nitrogens is 3. The number of H-pyrrole nitrogens is 2. The molecule has 2 aliphatic carbocycles. The van der Waals surface area contributed by atoms with Crippen LogP contribution in [0.4, 0.5) is 0 Å².